The van der Waals surface area contributed by atoms with Crippen molar-refractivity contribution in [2.24, 2.45) is 7.05 Å². The van der Waals surface area contributed by atoms with Gasteiger partial charge in [-0.2, -0.15) is 0 Å². The summed E-state index contributed by atoms with van der Waals surface area (Å²) in [5, 5.41) is 2.65. The van der Waals surface area contributed by atoms with Gasteiger partial charge >= 0.3 is 0 Å². The number of fused-ring (bicyclic) bond motifs is 5. The number of aromatic nitrogens is 2. The van der Waals surface area contributed by atoms with Gasteiger partial charge < -0.3 is 4.57 Å². The molecule has 0 bridgehead atoms. The van der Waals surface area contributed by atoms with E-state index in [1.807, 2.05) is 12.3 Å². The summed E-state index contributed by atoms with van der Waals surface area (Å²) < 4.78 is 2.37. The van der Waals surface area contributed by atoms with E-state index >= 15 is 0 Å². The molecule has 2 aromatic heterocycles. The highest BCUT2D eigenvalue weighted by atomic mass is 15.0. The molecule has 4 rings (SSSR count). The van der Waals surface area contributed by atoms with E-state index in [4.69, 9.17) is 0 Å². The lowest BCUT2D eigenvalue weighted by Crippen LogP contribution is -2.04. The summed E-state index contributed by atoms with van der Waals surface area (Å²) >= 11 is 0. The van der Waals surface area contributed by atoms with Crippen LogP contribution in [0.5, 0.6) is 0 Å². The van der Waals surface area contributed by atoms with Crippen LogP contribution in [-0.4, -0.2) is 9.55 Å². The first kappa shape index (κ1) is 10.1. The summed E-state index contributed by atoms with van der Waals surface area (Å²) in [6, 6.07) is 8.65. The second-order valence-corrected chi connectivity index (χ2v) is 5.23. The van der Waals surface area contributed by atoms with Gasteiger partial charge in [0.2, 0.25) is 0 Å². The minimum Gasteiger partial charge on any atom is -0.346 e. The predicted molar refractivity (Wildman–Crippen MR) is 74.9 cm³/mol. The van der Waals surface area contributed by atoms with Crippen molar-refractivity contribution >= 4 is 21.8 Å². The maximum absolute atomic E-state index is 4.59. The molecule has 2 nitrogen and oxygen atoms in total. The molecule has 18 heavy (non-hydrogen) atoms. The third-order valence-corrected chi connectivity index (χ3v) is 4.25. The van der Waals surface area contributed by atoms with Crippen molar-refractivity contribution < 1.29 is 0 Å². The molecular formula is C16H16N2. The zero-order chi connectivity index (χ0) is 12.1. The number of pyridine rings is 1. The molecule has 90 valence electrons. The molecule has 1 aromatic carbocycles. The molecule has 0 radical (unpaired) electrons. The largest absolute Gasteiger partial charge is 0.346 e. The molecule has 0 aliphatic heterocycles. The molecule has 0 amide bonds. The van der Waals surface area contributed by atoms with Crippen molar-refractivity contribution in [2.75, 3.05) is 0 Å². The summed E-state index contributed by atoms with van der Waals surface area (Å²) in [6.45, 7) is 0. The van der Waals surface area contributed by atoms with Gasteiger partial charge in [-0.15, -0.1) is 0 Å². The van der Waals surface area contributed by atoms with E-state index in [9.17, 15) is 0 Å². The lowest BCUT2D eigenvalue weighted by molar-refractivity contribution is 0.653. The smallest absolute Gasteiger partial charge is 0.0944 e. The maximum Gasteiger partial charge on any atom is 0.0944 e. The van der Waals surface area contributed by atoms with E-state index in [0.717, 1.165) is 5.52 Å². The summed E-state index contributed by atoms with van der Waals surface area (Å²) in [6.07, 6.45) is 6.99. The fourth-order valence-electron chi connectivity index (χ4n) is 3.40. The van der Waals surface area contributed by atoms with Crippen molar-refractivity contribution in [1.82, 2.24) is 9.55 Å². The van der Waals surface area contributed by atoms with E-state index in [-0.39, 0.29) is 0 Å². The molecule has 3 aromatic rings. The number of hydrogen-bond donors (Lipinski definition) is 0. The van der Waals surface area contributed by atoms with Crippen LogP contribution < -0.4 is 0 Å². The molecule has 0 saturated carbocycles. The van der Waals surface area contributed by atoms with Gasteiger partial charge in [-0.3, -0.25) is 4.98 Å². The van der Waals surface area contributed by atoms with E-state index in [1.165, 1.54) is 47.7 Å². The van der Waals surface area contributed by atoms with Crippen LogP contribution >= 0.6 is 0 Å². The summed E-state index contributed by atoms with van der Waals surface area (Å²) in [5.74, 6) is 0. The third kappa shape index (κ3) is 1.20. The third-order valence-electron chi connectivity index (χ3n) is 4.25. The van der Waals surface area contributed by atoms with Gasteiger partial charge in [0.1, 0.15) is 0 Å². The second kappa shape index (κ2) is 3.58. The Labute approximate surface area is 106 Å². The van der Waals surface area contributed by atoms with Crippen LogP contribution in [0.3, 0.4) is 0 Å². The topological polar surface area (TPSA) is 17.8 Å². The normalized spacial score (nSPS) is 15.2. The van der Waals surface area contributed by atoms with Crippen LogP contribution in [0.25, 0.3) is 21.8 Å². The van der Waals surface area contributed by atoms with Gasteiger partial charge in [-0.05, 0) is 37.3 Å². The Morgan fingerprint density at radius 1 is 1.11 bits per heavy atom. The van der Waals surface area contributed by atoms with E-state index in [0.29, 0.717) is 0 Å². The molecular weight excluding hydrogens is 220 g/mol. The molecule has 0 N–H and O–H groups in total. The molecule has 0 saturated heterocycles. The Morgan fingerprint density at radius 3 is 2.94 bits per heavy atom. The van der Waals surface area contributed by atoms with Crippen LogP contribution in [0, 0.1) is 0 Å². The monoisotopic (exact) mass is 236 g/mol. The minimum atomic E-state index is 1.15. The highest BCUT2D eigenvalue weighted by Gasteiger charge is 2.19. The van der Waals surface area contributed by atoms with Gasteiger partial charge in [0.25, 0.3) is 0 Å². The quantitative estimate of drug-likeness (QED) is 0.583. The average Bonchev–Trinajstić information content (AvgIpc) is 2.73. The molecule has 0 spiro atoms. The van der Waals surface area contributed by atoms with Gasteiger partial charge in [0.05, 0.1) is 11.0 Å². The highest BCUT2D eigenvalue weighted by Crippen LogP contribution is 2.34. The first-order chi connectivity index (χ1) is 8.86. The van der Waals surface area contributed by atoms with Gasteiger partial charge in [-0.1, -0.05) is 18.2 Å². The predicted octanol–water partition coefficient (Wildman–Crippen LogP) is 3.61. The Hall–Kier alpha value is -1.83. The number of nitrogens with zero attached hydrogens (tertiary/aromatic N) is 2. The Balaban J connectivity index is 2.22. The fraction of sp³-hybridized carbons (Fsp3) is 0.312. The van der Waals surface area contributed by atoms with Gasteiger partial charge in [0, 0.05) is 29.7 Å². The Kier molecular flexibility index (Phi) is 2.01. The summed E-state index contributed by atoms with van der Waals surface area (Å²) in [5.41, 5.74) is 5.55. The van der Waals surface area contributed by atoms with Gasteiger partial charge in [0.15, 0.2) is 0 Å². The molecule has 2 heteroatoms. The molecule has 0 atom stereocenters. The van der Waals surface area contributed by atoms with Crippen molar-refractivity contribution in [3.8, 4) is 0 Å². The molecule has 0 fully saturated rings. The van der Waals surface area contributed by atoms with Crippen LogP contribution in [-0.2, 0) is 19.9 Å². The molecule has 1 aliphatic rings. The number of rotatable bonds is 0. The van der Waals surface area contributed by atoms with Crippen molar-refractivity contribution in [1.29, 1.82) is 0 Å². The fourth-order valence-corrected chi connectivity index (χ4v) is 3.40. The highest BCUT2D eigenvalue weighted by molar-refractivity contribution is 6.05. The first-order valence-corrected chi connectivity index (χ1v) is 6.70. The summed E-state index contributed by atoms with van der Waals surface area (Å²) in [4.78, 5) is 4.59. The van der Waals surface area contributed by atoms with Crippen LogP contribution in [0.1, 0.15) is 24.1 Å². The Bertz CT molecular complexity index is 752. The number of aryl methyl sites for hydroxylation is 2. The minimum absolute atomic E-state index is 1.15. The van der Waals surface area contributed by atoms with E-state index in [1.54, 1.807) is 5.56 Å². The molecule has 1 aliphatic carbocycles. The standard InChI is InChI=1S/C16H16N2/c1-18-14-7-3-2-6-12(14)13-9-8-11-5-4-10-17-15(11)16(13)18/h4-5,8-10H,2-3,6-7H2,1H3. The van der Waals surface area contributed by atoms with Crippen molar-refractivity contribution in [3.63, 3.8) is 0 Å². The van der Waals surface area contributed by atoms with Gasteiger partial charge in [-0.25, -0.2) is 0 Å². The Morgan fingerprint density at radius 2 is 2.00 bits per heavy atom. The van der Waals surface area contributed by atoms with E-state index < -0.39 is 0 Å². The van der Waals surface area contributed by atoms with Crippen LogP contribution in [0.15, 0.2) is 30.5 Å². The SMILES string of the molecule is Cn1c2c(c3ccc4cccnc4c31)CCCC2. The lowest BCUT2D eigenvalue weighted by Gasteiger charge is -2.12. The van der Waals surface area contributed by atoms with Crippen molar-refractivity contribution in [3.05, 3.63) is 41.7 Å². The maximum atomic E-state index is 4.59. The number of benzene rings is 1. The zero-order valence-corrected chi connectivity index (χ0v) is 10.6. The average molecular weight is 236 g/mol. The lowest BCUT2D eigenvalue weighted by atomic mass is 9.95. The van der Waals surface area contributed by atoms with Crippen molar-refractivity contribution in [2.45, 2.75) is 25.7 Å². The van der Waals surface area contributed by atoms with E-state index in [2.05, 4.69) is 34.8 Å². The second-order valence-electron chi connectivity index (χ2n) is 5.23. The van der Waals surface area contributed by atoms with Crippen LogP contribution in [0.2, 0.25) is 0 Å². The first-order valence-electron chi connectivity index (χ1n) is 6.70. The zero-order valence-electron chi connectivity index (χ0n) is 10.6. The van der Waals surface area contributed by atoms with Crippen LogP contribution in [0.4, 0.5) is 0 Å². The number of hydrogen-bond acceptors (Lipinski definition) is 1. The molecule has 2 heterocycles. The summed E-state index contributed by atoms with van der Waals surface area (Å²) in [7, 11) is 2.20. The molecule has 0 unspecified atom stereocenters.